The monoisotopic (exact) mass is 450 g/mol. The van der Waals surface area contributed by atoms with Gasteiger partial charge in [-0.25, -0.2) is 14.4 Å². The summed E-state index contributed by atoms with van der Waals surface area (Å²) >= 11 is 0. The molecule has 1 fully saturated rings. The minimum absolute atomic E-state index is 0.0441. The van der Waals surface area contributed by atoms with Gasteiger partial charge in [-0.2, -0.15) is 0 Å². The van der Waals surface area contributed by atoms with Crippen LogP contribution < -0.4 is 0 Å². The Labute approximate surface area is 187 Å². The van der Waals surface area contributed by atoms with Gasteiger partial charge in [-0.1, -0.05) is 0 Å². The molecule has 0 N–H and O–H groups in total. The highest BCUT2D eigenvalue weighted by molar-refractivity contribution is 5.90. The van der Waals surface area contributed by atoms with Gasteiger partial charge in [0.1, 0.15) is 23.3 Å². The first-order chi connectivity index (χ1) is 14.7. The number of ether oxygens (including phenoxy) is 3. The molecule has 176 valence electrons. The number of nitro benzene ring substituents is 1. The summed E-state index contributed by atoms with van der Waals surface area (Å²) in [6.45, 7) is 10.3. The summed E-state index contributed by atoms with van der Waals surface area (Å²) in [7, 11) is 0. The molecule has 10 nitrogen and oxygen atoms in total. The number of rotatable bonds is 4. The molecule has 0 saturated carbocycles. The van der Waals surface area contributed by atoms with Gasteiger partial charge in [-0.05, 0) is 66.5 Å². The minimum Gasteiger partial charge on any atom is -0.458 e. The number of non-ortho nitro benzene ring substituents is 1. The molecule has 0 aliphatic carbocycles. The predicted molar refractivity (Wildman–Crippen MR) is 114 cm³/mol. The lowest BCUT2D eigenvalue weighted by molar-refractivity contribution is -0.384. The second-order valence-electron chi connectivity index (χ2n) is 9.59. The zero-order valence-electron chi connectivity index (χ0n) is 19.2. The number of nitrogens with zero attached hydrogens (tertiary/aromatic N) is 2. The number of piperidine rings is 1. The van der Waals surface area contributed by atoms with Gasteiger partial charge in [-0.3, -0.25) is 15.0 Å². The molecule has 1 heterocycles. The maximum absolute atomic E-state index is 12.8. The fraction of sp³-hybridized carbons (Fsp3) is 0.591. The second kappa shape index (κ2) is 9.54. The van der Waals surface area contributed by atoms with E-state index in [1.54, 1.807) is 41.5 Å². The number of amides is 1. The van der Waals surface area contributed by atoms with E-state index in [1.807, 2.05) is 0 Å². The minimum atomic E-state index is -0.863. The highest BCUT2D eigenvalue weighted by Crippen LogP contribution is 2.26. The van der Waals surface area contributed by atoms with Gasteiger partial charge >= 0.3 is 18.0 Å². The molecule has 32 heavy (non-hydrogen) atoms. The molecule has 10 heteroatoms. The highest BCUT2D eigenvalue weighted by atomic mass is 16.6. The van der Waals surface area contributed by atoms with Gasteiger partial charge in [0.05, 0.1) is 17.0 Å². The topological polar surface area (TPSA) is 125 Å². The molecule has 0 bridgehead atoms. The Morgan fingerprint density at radius 2 is 1.53 bits per heavy atom. The smallest absolute Gasteiger partial charge is 0.411 e. The molecule has 0 aromatic heterocycles. The molecule has 2 rings (SSSR count). The SMILES string of the molecule is CC(C)(C)OC(=O)[C@@H]1CC[C@@H](OC(=O)c2ccc([N+](=O)[O-])cc2)CN1C(=O)OC(C)(C)C. The normalized spacial score (nSPS) is 19.1. The maximum Gasteiger partial charge on any atom is 0.411 e. The van der Waals surface area contributed by atoms with Crippen LogP contribution >= 0.6 is 0 Å². The van der Waals surface area contributed by atoms with Gasteiger partial charge in [0, 0.05) is 12.1 Å². The van der Waals surface area contributed by atoms with Crippen molar-refractivity contribution in [1.29, 1.82) is 0 Å². The lowest BCUT2D eigenvalue weighted by Crippen LogP contribution is -2.55. The third kappa shape index (κ3) is 7.21. The Kier molecular flexibility index (Phi) is 7.48. The third-order valence-corrected chi connectivity index (χ3v) is 4.43. The predicted octanol–water partition coefficient (Wildman–Crippen LogP) is 3.86. The van der Waals surface area contributed by atoms with E-state index in [2.05, 4.69) is 0 Å². The van der Waals surface area contributed by atoms with Crippen LogP contribution in [0.3, 0.4) is 0 Å². The van der Waals surface area contributed by atoms with Crippen LogP contribution in [0.5, 0.6) is 0 Å². The summed E-state index contributed by atoms with van der Waals surface area (Å²) in [6, 6.07) is 4.17. The van der Waals surface area contributed by atoms with Gasteiger partial charge in [-0.15, -0.1) is 0 Å². The molecule has 1 aromatic rings. The summed E-state index contributed by atoms with van der Waals surface area (Å²) < 4.78 is 16.4. The summed E-state index contributed by atoms with van der Waals surface area (Å²) in [6.07, 6.45) is -0.817. The average Bonchev–Trinajstić information content (AvgIpc) is 2.65. The van der Waals surface area contributed by atoms with Crippen molar-refractivity contribution in [2.75, 3.05) is 6.54 Å². The number of nitro groups is 1. The summed E-state index contributed by atoms with van der Waals surface area (Å²) in [4.78, 5) is 49.4. The van der Waals surface area contributed by atoms with E-state index in [-0.39, 0.29) is 24.2 Å². The van der Waals surface area contributed by atoms with Gasteiger partial charge in [0.25, 0.3) is 5.69 Å². The first-order valence-electron chi connectivity index (χ1n) is 10.3. The Morgan fingerprint density at radius 3 is 2.03 bits per heavy atom. The largest absolute Gasteiger partial charge is 0.458 e. The molecular formula is C22H30N2O8. The Hall–Kier alpha value is -3.17. The highest BCUT2D eigenvalue weighted by Gasteiger charge is 2.41. The van der Waals surface area contributed by atoms with Crippen LogP contribution in [0.15, 0.2) is 24.3 Å². The number of hydrogen-bond acceptors (Lipinski definition) is 8. The summed E-state index contributed by atoms with van der Waals surface area (Å²) in [5, 5.41) is 10.8. The fourth-order valence-corrected chi connectivity index (χ4v) is 3.11. The van der Waals surface area contributed by atoms with Crippen LogP contribution in [0.1, 0.15) is 64.7 Å². The van der Waals surface area contributed by atoms with E-state index in [4.69, 9.17) is 14.2 Å². The van der Waals surface area contributed by atoms with E-state index in [9.17, 15) is 24.5 Å². The van der Waals surface area contributed by atoms with Crippen molar-refractivity contribution >= 4 is 23.7 Å². The van der Waals surface area contributed by atoms with Crippen molar-refractivity contribution in [3.8, 4) is 0 Å². The van der Waals surface area contributed by atoms with Crippen LogP contribution in [0.25, 0.3) is 0 Å². The molecule has 1 aliphatic rings. The van der Waals surface area contributed by atoms with Gasteiger partial charge < -0.3 is 14.2 Å². The van der Waals surface area contributed by atoms with Crippen LogP contribution in [0.2, 0.25) is 0 Å². The molecule has 0 spiro atoms. The van der Waals surface area contributed by atoms with Crippen LogP contribution in [-0.2, 0) is 19.0 Å². The fourth-order valence-electron chi connectivity index (χ4n) is 3.11. The number of benzene rings is 1. The number of esters is 2. The average molecular weight is 450 g/mol. The first kappa shape index (κ1) is 25.1. The number of hydrogen-bond donors (Lipinski definition) is 0. The first-order valence-corrected chi connectivity index (χ1v) is 10.3. The van der Waals surface area contributed by atoms with E-state index in [0.29, 0.717) is 6.42 Å². The number of carbonyl (C=O) groups excluding carboxylic acids is 3. The van der Waals surface area contributed by atoms with E-state index in [1.165, 1.54) is 29.2 Å². The summed E-state index contributed by atoms with van der Waals surface area (Å²) in [5.74, 6) is -1.23. The lowest BCUT2D eigenvalue weighted by atomic mass is 10.00. The van der Waals surface area contributed by atoms with Crippen molar-refractivity contribution in [2.24, 2.45) is 0 Å². The van der Waals surface area contributed by atoms with Crippen LogP contribution in [0, 0.1) is 10.1 Å². The quantitative estimate of drug-likeness (QED) is 0.293. The number of likely N-dealkylation sites (tertiary alicyclic amines) is 1. The Morgan fingerprint density at radius 1 is 0.969 bits per heavy atom. The maximum atomic E-state index is 12.8. The summed E-state index contributed by atoms with van der Waals surface area (Å²) in [5.41, 5.74) is -1.50. The van der Waals surface area contributed by atoms with Crippen molar-refractivity contribution in [2.45, 2.75) is 77.7 Å². The third-order valence-electron chi connectivity index (χ3n) is 4.43. The van der Waals surface area contributed by atoms with Gasteiger partial charge in [0.2, 0.25) is 0 Å². The standard InChI is InChI=1S/C22H30N2O8/c1-21(2,3)31-19(26)17-12-11-16(13-23(17)20(27)32-22(4,5)6)30-18(25)14-7-9-15(10-8-14)24(28)29/h7-10,16-17H,11-13H2,1-6H3/t16-,17+/m1/s1. The zero-order chi connectivity index (χ0) is 24.3. The Bertz CT molecular complexity index is 867. The lowest BCUT2D eigenvalue weighted by Gasteiger charge is -2.39. The van der Waals surface area contributed by atoms with E-state index >= 15 is 0 Å². The molecule has 0 radical (unpaired) electrons. The van der Waals surface area contributed by atoms with Crippen molar-refractivity contribution < 1.29 is 33.5 Å². The van der Waals surface area contributed by atoms with Crippen molar-refractivity contribution in [1.82, 2.24) is 4.90 Å². The van der Waals surface area contributed by atoms with Crippen molar-refractivity contribution in [3.63, 3.8) is 0 Å². The van der Waals surface area contributed by atoms with Crippen LogP contribution in [0.4, 0.5) is 10.5 Å². The number of carbonyl (C=O) groups is 3. The molecule has 1 aliphatic heterocycles. The van der Waals surface area contributed by atoms with E-state index < -0.39 is 46.3 Å². The second-order valence-corrected chi connectivity index (χ2v) is 9.59. The van der Waals surface area contributed by atoms with Gasteiger partial charge in [0.15, 0.2) is 0 Å². The molecular weight excluding hydrogens is 420 g/mol. The zero-order valence-corrected chi connectivity index (χ0v) is 19.2. The van der Waals surface area contributed by atoms with Crippen molar-refractivity contribution in [3.05, 3.63) is 39.9 Å². The Balaban J connectivity index is 2.14. The molecule has 2 atom stereocenters. The van der Waals surface area contributed by atoms with E-state index in [0.717, 1.165) is 0 Å². The molecule has 1 aromatic carbocycles. The molecule has 1 amide bonds. The molecule has 0 unspecified atom stereocenters. The molecule has 1 saturated heterocycles. The van der Waals surface area contributed by atoms with Crippen LogP contribution in [-0.4, -0.2) is 57.7 Å².